The van der Waals surface area contributed by atoms with Crippen molar-refractivity contribution in [1.82, 2.24) is 5.32 Å². The highest BCUT2D eigenvalue weighted by Gasteiger charge is 2.29. The molecule has 1 aliphatic rings. The number of hydrogen-bond acceptors (Lipinski definition) is 3. The minimum atomic E-state index is -0.751. The Labute approximate surface area is 125 Å². The number of benzene rings is 1. The molecule has 0 bridgehead atoms. The van der Waals surface area contributed by atoms with Gasteiger partial charge in [-0.2, -0.15) is 0 Å². The third-order valence-electron chi connectivity index (χ3n) is 4.06. The minimum absolute atomic E-state index is 0.294. The third-order valence-corrected chi connectivity index (χ3v) is 4.06. The predicted molar refractivity (Wildman–Crippen MR) is 82.8 cm³/mol. The summed E-state index contributed by atoms with van der Waals surface area (Å²) in [5.74, 6) is 0.696. The molecule has 5 heteroatoms. The van der Waals surface area contributed by atoms with Gasteiger partial charge in [-0.05, 0) is 31.4 Å². The molecule has 116 valence electrons. The molecule has 21 heavy (non-hydrogen) atoms. The first-order valence-corrected chi connectivity index (χ1v) is 7.44. The highest BCUT2D eigenvalue weighted by atomic mass is 16.5. The van der Waals surface area contributed by atoms with Crippen LogP contribution in [0.4, 0.5) is 10.5 Å². The first-order chi connectivity index (χ1) is 10.0. The van der Waals surface area contributed by atoms with Crippen LogP contribution in [-0.2, 0) is 0 Å². The van der Waals surface area contributed by atoms with E-state index in [-0.39, 0.29) is 6.03 Å². The number of ether oxygens (including phenoxy) is 1. The van der Waals surface area contributed by atoms with E-state index in [4.69, 9.17) is 4.74 Å². The van der Waals surface area contributed by atoms with Gasteiger partial charge in [0.15, 0.2) is 0 Å². The maximum Gasteiger partial charge on any atom is 0.319 e. The number of amides is 2. The molecular weight excluding hydrogens is 268 g/mol. The van der Waals surface area contributed by atoms with E-state index < -0.39 is 5.60 Å². The molecular formula is C16H24N2O3. The average Bonchev–Trinajstić information content (AvgIpc) is 2.48. The van der Waals surface area contributed by atoms with Gasteiger partial charge >= 0.3 is 6.03 Å². The first kappa shape index (κ1) is 15.6. The van der Waals surface area contributed by atoms with Gasteiger partial charge in [0.1, 0.15) is 5.75 Å². The monoisotopic (exact) mass is 292 g/mol. The average molecular weight is 292 g/mol. The van der Waals surface area contributed by atoms with Crippen LogP contribution in [0.25, 0.3) is 0 Å². The molecule has 1 aromatic carbocycles. The van der Waals surface area contributed by atoms with E-state index in [1.165, 1.54) is 0 Å². The number of rotatable bonds is 4. The second kappa shape index (κ2) is 6.80. The number of aryl methyl sites for hydroxylation is 1. The predicted octanol–water partition coefficient (Wildman–Crippen LogP) is 2.82. The number of anilines is 1. The Hall–Kier alpha value is -1.75. The number of carbonyl (C=O) groups excluding carboxylic acids is 1. The van der Waals surface area contributed by atoms with Crippen LogP contribution in [-0.4, -0.2) is 30.4 Å². The highest BCUT2D eigenvalue weighted by molar-refractivity contribution is 5.90. The molecule has 0 heterocycles. The van der Waals surface area contributed by atoms with Gasteiger partial charge in [-0.3, -0.25) is 0 Å². The summed E-state index contributed by atoms with van der Waals surface area (Å²) in [6, 6.07) is 5.22. The summed E-state index contributed by atoms with van der Waals surface area (Å²) in [5, 5.41) is 15.9. The lowest BCUT2D eigenvalue weighted by Crippen LogP contribution is -2.45. The van der Waals surface area contributed by atoms with Gasteiger partial charge in [0.25, 0.3) is 0 Å². The van der Waals surface area contributed by atoms with Gasteiger partial charge in [-0.25, -0.2) is 4.79 Å². The van der Waals surface area contributed by atoms with E-state index in [9.17, 15) is 9.90 Å². The van der Waals surface area contributed by atoms with Crippen LogP contribution >= 0.6 is 0 Å². The minimum Gasteiger partial charge on any atom is -0.497 e. The molecule has 2 amide bonds. The largest absolute Gasteiger partial charge is 0.497 e. The highest BCUT2D eigenvalue weighted by Crippen LogP contribution is 2.27. The zero-order valence-corrected chi connectivity index (χ0v) is 12.7. The summed E-state index contributed by atoms with van der Waals surface area (Å²) in [6.07, 6.45) is 4.72. The molecule has 1 saturated carbocycles. The van der Waals surface area contributed by atoms with Crippen molar-refractivity contribution in [3.05, 3.63) is 23.8 Å². The summed E-state index contributed by atoms with van der Waals surface area (Å²) < 4.78 is 5.15. The van der Waals surface area contributed by atoms with Crippen LogP contribution in [0.3, 0.4) is 0 Å². The summed E-state index contributed by atoms with van der Waals surface area (Å²) in [4.78, 5) is 12.0. The topological polar surface area (TPSA) is 70.6 Å². The van der Waals surface area contributed by atoms with Crippen molar-refractivity contribution in [2.75, 3.05) is 19.0 Å². The summed E-state index contributed by atoms with van der Waals surface area (Å²) in [6.45, 7) is 2.21. The molecule has 1 aromatic rings. The molecule has 0 saturated heterocycles. The van der Waals surface area contributed by atoms with Gasteiger partial charge in [-0.1, -0.05) is 25.3 Å². The van der Waals surface area contributed by atoms with Crippen molar-refractivity contribution in [1.29, 1.82) is 0 Å². The van der Waals surface area contributed by atoms with Crippen molar-refractivity contribution < 1.29 is 14.6 Å². The zero-order chi connectivity index (χ0) is 15.3. The summed E-state index contributed by atoms with van der Waals surface area (Å²) in [5.41, 5.74) is 0.920. The number of methoxy groups -OCH3 is 1. The maximum atomic E-state index is 12.0. The fourth-order valence-corrected chi connectivity index (χ4v) is 2.66. The van der Waals surface area contributed by atoms with Gasteiger partial charge in [0, 0.05) is 18.3 Å². The smallest absolute Gasteiger partial charge is 0.319 e. The van der Waals surface area contributed by atoms with Crippen LogP contribution in [0.15, 0.2) is 18.2 Å². The molecule has 0 spiro atoms. The summed E-state index contributed by atoms with van der Waals surface area (Å²) >= 11 is 0. The fraction of sp³-hybridized carbons (Fsp3) is 0.562. The second-order valence-corrected chi connectivity index (χ2v) is 5.77. The van der Waals surface area contributed by atoms with Gasteiger partial charge in [0.05, 0.1) is 12.7 Å². The molecule has 0 aliphatic heterocycles. The Morgan fingerprint density at radius 1 is 1.33 bits per heavy atom. The molecule has 1 aliphatic carbocycles. The van der Waals surface area contributed by atoms with Crippen molar-refractivity contribution in [3.8, 4) is 5.75 Å². The van der Waals surface area contributed by atoms with Gasteiger partial charge in [-0.15, -0.1) is 0 Å². The van der Waals surface area contributed by atoms with Crippen molar-refractivity contribution >= 4 is 11.7 Å². The van der Waals surface area contributed by atoms with Crippen LogP contribution in [0.2, 0.25) is 0 Å². The SMILES string of the molecule is COc1ccc(C)c(NC(=O)NCC2(O)CCCCC2)c1. The first-order valence-electron chi connectivity index (χ1n) is 7.44. The van der Waals surface area contributed by atoms with E-state index in [0.29, 0.717) is 18.0 Å². The Bertz CT molecular complexity index is 496. The number of aliphatic hydroxyl groups is 1. The Morgan fingerprint density at radius 2 is 2.05 bits per heavy atom. The van der Waals surface area contributed by atoms with E-state index in [1.54, 1.807) is 13.2 Å². The van der Waals surface area contributed by atoms with Crippen molar-refractivity contribution in [3.63, 3.8) is 0 Å². The molecule has 0 aromatic heterocycles. The summed E-state index contributed by atoms with van der Waals surface area (Å²) in [7, 11) is 1.59. The number of urea groups is 1. The number of carbonyl (C=O) groups is 1. The van der Waals surface area contributed by atoms with Crippen LogP contribution in [0, 0.1) is 6.92 Å². The zero-order valence-electron chi connectivity index (χ0n) is 12.7. The Morgan fingerprint density at radius 3 is 2.71 bits per heavy atom. The molecule has 0 radical (unpaired) electrons. The normalized spacial score (nSPS) is 17.1. The van der Waals surface area contributed by atoms with Gasteiger partial charge < -0.3 is 20.5 Å². The van der Waals surface area contributed by atoms with E-state index in [0.717, 1.165) is 37.7 Å². The molecule has 5 nitrogen and oxygen atoms in total. The maximum absolute atomic E-state index is 12.0. The number of hydrogen-bond donors (Lipinski definition) is 3. The third kappa shape index (κ3) is 4.36. The Kier molecular flexibility index (Phi) is 5.07. The van der Waals surface area contributed by atoms with Crippen LogP contribution in [0.1, 0.15) is 37.7 Å². The standard InChI is InChI=1S/C16H24N2O3/c1-12-6-7-13(21-2)10-14(12)18-15(19)17-11-16(20)8-4-3-5-9-16/h6-7,10,20H,3-5,8-9,11H2,1-2H3,(H2,17,18,19). The van der Waals surface area contributed by atoms with Crippen molar-refractivity contribution in [2.45, 2.75) is 44.6 Å². The van der Waals surface area contributed by atoms with E-state index in [1.807, 2.05) is 19.1 Å². The van der Waals surface area contributed by atoms with Crippen molar-refractivity contribution in [2.24, 2.45) is 0 Å². The lowest BCUT2D eigenvalue weighted by atomic mass is 9.85. The molecule has 2 rings (SSSR count). The van der Waals surface area contributed by atoms with Crippen LogP contribution in [0.5, 0.6) is 5.75 Å². The van der Waals surface area contributed by atoms with Gasteiger partial charge in [0.2, 0.25) is 0 Å². The van der Waals surface area contributed by atoms with E-state index in [2.05, 4.69) is 10.6 Å². The Balaban J connectivity index is 1.89. The van der Waals surface area contributed by atoms with Crippen LogP contribution < -0.4 is 15.4 Å². The lowest BCUT2D eigenvalue weighted by molar-refractivity contribution is 0.00755. The molecule has 0 atom stereocenters. The van der Waals surface area contributed by atoms with E-state index >= 15 is 0 Å². The second-order valence-electron chi connectivity index (χ2n) is 5.77. The molecule has 0 unspecified atom stereocenters. The fourth-order valence-electron chi connectivity index (χ4n) is 2.66. The number of nitrogens with one attached hydrogen (secondary N) is 2. The molecule has 1 fully saturated rings. The lowest BCUT2D eigenvalue weighted by Gasteiger charge is -2.32. The quantitative estimate of drug-likeness (QED) is 0.799. The molecule has 3 N–H and O–H groups in total.